The van der Waals surface area contributed by atoms with Crippen molar-refractivity contribution >= 4 is 5.97 Å². The van der Waals surface area contributed by atoms with Crippen molar-refractivity contribution in [3.8, 4) is 11.5 Å². The minimum Gasteiger partial charge on any atom is -0.496 e. The highest BCUT2D eigenvalue weighted by Gasteiger charge is 2.14. The number of nitrogens with two attached hydrogens (primary N) is 1. The highest BCUT2D eigenvalue weighted by atomic mass is 16.5. The molecule has 0 radical (unpaired) electrons. The number of aryl methyl sites for hydroxylation is 1. The fourth-order valence-corrected chi connectivity index (χ4v) is 2.07. The molecule has 0 aliphatic rings. The topological polar surface area (TPSA) is 81.8 Å². The maximum Gasteiger partial charge on any atom is 0.320 e. The van der Waals surface area contributed by atoms with Gasteiger partial charge < -0.3 is 20.3 Å². The molecule has 0 fully saturated rings. The molecule has 1 aromatic carbocycles. The monoisotopic (exact) mass is 267 g/mol. The molecule has 0 aliphatic carbocycles. The highest BCUT2D eigenvalue weighted by molar-refractivity contribution is 5.72. The molecule has 1 rings (SSSR count). The van der Waals surface area contributed by atoms with Gasteiger partial charge in [-0.2, -0.15) is 0 Å². The van der Waals surface area contributed by atoms with Crippen LogP contribution in [0, 0.1) is 6.92 Å². The van der Waals surface area contributed by atoms with Gasteiger partial charge in [0.2, 0.25) is 0 Å². The second-order valence-corrected chi connectivity index (χ2v) is 4.42. The van der Waals surface area contributed by atoms with Gasteiger partial charge in [-0.3, -0.25) is 4.79 Å². The molecule has 1 unspecified atom stereocenters. The Morgan fingerprint density at radius 1 is 1.37 bits per heavy atom. The number of methoxy groups -OCH3 is 2. The quantitative estimate of drug-likeness (QED) is 0.786. The van der Waals surface area contributed by atoms with Crippen LogP contribution in [-0.2, 0) is 11.2 Å². The fourth-order valence-electron chi connectivity index (χ4n) is 2.07. The smallest absolute Gasteiger partial charge is 0.320 e. The van der Waals surface area contributed by atoms with Crippen molar-refractivity contribution in [2.24, 2.45) is 5.73 Å². The molecule has 5 nitrogen and oxygen atoms in total. The van der Waals surface area contributed by atoms with Crippen LogP contribution in [0.15, 0.2) is 12.1 Å². The number of hydrogen-bond donors (Lipinski definition) is 2. The molecule has 1 atom stereocenters. The first kappa shape index (κ1) is 15.3. The molecule has 0 spiro atoms. The van der Waals surface area contributed by atoms with Gasteiger partial charge in [0.1, 0.15) is 17.5 Å². The molecule has 19 heavy (non-hydrogen) atoms. The third kappa shape index (κ3) is 3.86. The van der Waals surface area contributed by atoms with E-state index < -0.39 is 12.0 Å². The van der Waals surface area contributed by atoms with Gasteiger partial charge in [-0.25, -0.2) is 0 Å². The maximum atomic E-state index is 10.6. The summed E-state index contributed by atoms with van der Waals surface area (Å²) in [6.45, 7) is 1.93. The normalized spacial score (nSPS) is 12.0. The lowest BCUT2D eigenvalue weighted by Crippen LogP contribution is -2.29. The van der Waals surface area contributed by atoms with Crippen LogP contribution in [0.25, 0.3) is 0 Å². The molecule has 0 amide bonds. The van der Waals surface area contributed by atoms with Crippen LogP contribution in [-0.4, -0.2) is 31.3 Å². The highest BCUT2D eigenvalue weighted by Crippen LogP contribution is 2.32. The molecule has 0 saturated heterocycles. The van der Waals surface area contributed by atoms with Crippen molar-refractivity contribution in [2.45, 2.75) is 32.2 Å². The average molecular weight is 267 g/mol. The summed E-state index contributed by atoms with van der Waals surface area (Å²) in [6.07, 6.45) is 1.88. The standard InChI is InChI=1S/C14H21NO4/c1-9-12(18-2)8-7-10(13(9)19-3)5-4-6-11(15)14(16)17/h7-8,11H,4-6,15H2,1-3H3,(H,16,17). The Kier molecular flexibility index (Phi) is 5.63. The third-order valence-electron chi connectivity index (χ3n) is 3.14. The number of carbonyl (C=O) groups is 1. The van der Waals surface area contributed by atoms with Crippen molar-refractivity contribution in [2.75, 3.05) is 14.2 Å². The van der Waals surface area contributed by atoms with Crippen LogP contribution >= 0.6 is 0 Å². The van der Waals surface area contributed by atoms with Gasteiger partial charge in [0.15, 0.2) is 0 Å². The number of carboxylic acid groups (broad SMARTS) is 1. The maximum absolute atomic E-state index is 10.6. The van der Waals surface area contributed by atoms with E-state index in [0.717, 1.165) is 29.0 Å². The Labute approximate surface area is 113 Å². The van der Waals surface area contributed by atoms with Crippen LogP contribution < -0.4 is 15.2 Å². The molecule has 0 heterocycles. The number of benzene rings is 1. The van der Waals surface area contributed by atoms with Crippen molar-refractivity contribution in [3.05, 3.63) is 23.3 Å². The Morgan fingerprint density at radius 2 is 2.05 bits per heavy atom. The molecule has 0 saturated carbocycles. The predicted molar refractivity (Wildman–Crippen MR) is 72.8 cm³/mol. The van der Waals surface area contributed by atoms with Crippen molar-refractivity contribution < 1.29 is 19.4 Å². The largest absolute Gasteiger partial charge is 0.496 e. The van der Waals surface area contributed by atoms with Crippen LogP contribution in [0.5, 0.6) is 11.5 Å². The molecular formula is C14H21NO4. The molecule has 106 valence electrons. The van der Waals surface area contributed by atoms with Gasteiger partial charge in [0.25, 0.3) is 0 Å². The van der Waals surface area contributed by atoms with Gasteiger partial charge in [0, 0.05) is 5.56 Å². The molecule has 1 aromatic rings. The minimum absolute atomic E-state index is 0.448. The zero-order valence-corrected chi connectivity index (χ0v) is 11.6. The number of rotatable bonds is 7. The summed E-state index contributed by atoms with van der Waals surface area (Å²) in [5.41, 5.74) is 7.47. The Hall–Kier alpha value is -1.75. The number of aliphatic carboxylic acids is 1. The number of ether oxygens (including phenoxy) is 2. The van der Waals surface area contributed by atoms with Crippen molar-refractivity contribution in [1.29, 1.82) is 0 Å². The zero-order valence-electron chi connectivity index (χ0n) is 11.6. The van der Waals surface area contributed by atoms with Gasteiger partial charge in [0.05, 0.1) is 14.2 Å². The Balaban J connectivity index is 2.73. The van der Waals surface area contributed by atoms with Gasteiger partial charge in [-0.15, -0.1) is 0 Å². The summed E-state index contributed by atoms with van der Waals surface area (Å²) in [7, 11) is 3.24. The van der Waals surface area contributed by atoms with Crippen LogP contribution in [0.1, 0.15) is 24.0 Å². The Bertz CT molecular complexity index is 445. The van der Waals surface area contributed by atoms with Gasteiger partial charge in [-0.05, 0) is 37.8 Å². The first-order chi connectivity index (χ1) is 9.01. The minimum atomic E-state index is -0.960. The number of carboxylic acids is 1. The summed E-state index contributed by atoms with van der Waals surface area (Å²) in [6, 6.07) is 3.03. The average Bonchev–Trinajstić information content (AvgIpc) is 2.38. The molecule has 0 aromatic heterocycles. The van der Waals surface area contributed by atoms with Crippen molar-refractivity contribution in [1.82, 2.24) is 0 Å². The van der Waals surface area contributed by atoms with Crippen LogP contribution in [0.4, 0.5) is 0 Å². The summed E-state index contributed by atoms with van der Waals surface area (Å²) in [4.78, 5) is 10.6. The van der Waals surface area contributed by atoms with E-state index in [0.29, 0.717) is 12.8 Å². The lowest BCUT2D eigenvalue weighted by Gasteiger charge is -2.14. The molecule has 0 bridgehead atoms. The molecular weight excluding hydrogens is 246 g/mol. The Morgan fingerprint density at radius 3 is 2.58 bits per heavy atom. The summed E-state index contributed by atoms with van der Waals surface area (Å²) < 4.78 is 10.6. The fraction of sp³-hybridized carbons (Fsp3) is 0.500. The number of hydrogen-bond acceptors (Lipinski definition) is 4. The second kappa shape index (κ2) is 6.99. The first-order valence-electron chi connectivity index (χ1n) is 6.20. The SMILES string of the molecule is COc1ccc(CCCC(N)C(=O)O)c(OC)c1C. The predicted octanol–water partition coefficient (Wildman–Crippen LogP) is 1.75. The lowest BCUT2D eigenvalue weighted by molar-refractivity contribution is -0.138. The van der Waals surface area contributed by atoms with E-state index in [1.165, 1.54) is 0 Å². The van der Waals surface area contributed by atoms with E-state index in [1.54, 1.807) is 14.2 Å². The zero-order chi connectivity index (χ0) is 14.4. The molecule has 5 heteroatoms. The van der Waals surface area contributed by atoms with E-state index in [4.69, 9.17) is 20.3 Å². The molecule has 0 aliphatic heterocycles. The lowest BCUT2D eigenvalue weighted by atomic mass is 10.0. The summed E-state index contributed by atoms with van der Waals surface area (Å²) in [5, 5.41) is 8.73. The molecule has 3 N–H and O–H groups in total. The van der Waals surface area contributed by atoms with E-state index >= 15 is 0 Å². The first-order valence-corrected chi connectivity index (χ1v) is 6.20. The van der Waals surface area contributed by atoms with E-state index in [-0.39, 0.29) is 0 Å². The van der Waals surface area contributed by atoms with Crippen LogP contribution in [0.2, 0.25) is 0 Å². The van der Waals surface area contributed by atoms with E-state index in [9.17, 15) is 4.79 Å². The van der Waals surface area contributed by atoms with E-state index in [1.807, 2.05) is 19.1 Å². The van der Waals surface area contributed by atoms with Gasteiger partial charge >= 0.3 is 5.97 Å². The van der Waals surface area contributed by atoms with Crippen LogP contribution in [0.3, 0.4) is 0 Å². The summed E-state index contributed by atoms with van der Waals surface area (Å²) in [5.74, 6) is 0.615. The van der Waals surface area contributed by atoms with Gasteiger partial charge in [-0.1, -0.05) is 6.07 Å². The second-order valence-electron chi connectivity index (χ2n) is 4.42. The third-order valence-corrected chi connectivity index (χ3v) is 3.14. The van der Waals surface area contributed by atoms with Crippen molar-refractivity contribution in [3.63, 3.8) is 0 Å². The summed E-state index contributed by atoms with van der Waals surface area (Å²) >= 11 is 0. The van der Waals surface area contributed by atoms with E-state index in [2.05, 4.69) is 0 Å².